The Hall–Kier alpha value is -1.13. The van der Waals surface area contributed by atoms with E-state index in [-0.39, 0.29) is 36.1 Å². The lowest BCUT2D eigenvalue weighted by Gasteiger charge is -2.15. The number of nitrogens with one attached hydrogen (secondary N) is 1. The van der Waals surface area contributed by atoms with E-state index in [2.05, 4.69) is 5.32 Å². The van der Waals surface area contributed by atoms with Crippen LogP contribution in [0.2, 0.25) is 0 Å². The quantitative estimate of drug-likeness (QED) is 0.862. The maximum absolute atomic E-state index is 12.9. The van der Waals surface area contributed by atoms with Crippen molar-refractivity contribution in [3.63, 3.8) is 0 Å². The van der Waals surface area contributed by atoms with E-state index in [1.807, 2.05) is 6.07 Å². The van der Waals surface area contributed by atoms with Crippen LogP contribution in [0, 0.1) is 11.7 Å². The van der Waals surface area contributed by atoms with Gasteiger partial charge in [0.15, 0.2) is 0 Å². The number of benzene rings is 1. The zero-order valence-corrected chi connectivity index (χ0v) is 11.5. The van der Waals surface area contributed by atoms with Gasteiger partial charge >= 0.3 is 0 Å². The molecular weight excluding hydrogens is 255 g/mol. The molecule has 5 heteroatoms. The lowest BCUT2D eigenvalue weighted by atomic mass is 10.0. The molecule has 18 heavy (non-hydrogen) atoms. The Labute approximate surface area is 113 Å². The Morgan fingerprint density at radius 2 is 2.11 bits per heavy atom. The summed E-state index contributed by atoms with van der Waals surface area (Å²) in [5.41, 5.74) is 6.50. The van der Waals surface area contributed by atoms with Crippen LogP contribution in [-0.2, 0) is 11.2 Å². The molecule has 3 nitrogen and oxygen atoms in total. The predicted molar refractivity (Wildman–Crippen MR) is 73.2 cm³/mol. The maximum atomic E-state index is 12.9. The topological polar surface area (TPSA) is 55.1 Å². The fraction of sp³-hybridized carbons (Fsp3) is 0.462. The molecule has 0 heterocycles. The van der Waals surface area contributed by atoms with E-state index in [1.165, 1.54) is 12.1 Å². The van der Waals surface area contributed by atoms with Crippen molar-refractivity contribution in [3.05, 3.63) is 35.6 Å². The number of carbonyl (C=O) groups is 1. The van der Waals surface area contributed by atoms with Crippen LogP contribution >= 0.6 is 12.4 Å². The van der Waals surface area contributed by atoms with Gasteiger partial charge in [0.05, 0.1) is 0 Å². The van der Waals surface area contributed by atoms with Crippen LogP contribution in [-0.4, -0.2) is 18.5 Å². The monoisotopic (exact) mass is 274 g/mol. The first-order valence-electron chi connectivity index (χ1n) is 5.78. The van der Waals surface area contributed by atoms with Crippen molar-refractivity contribution < 1.29 is 9.18 Å². The summed E-state index contributed by atoms with van der Waals surface area (Å²) in [6.07, 6.45) is 0.620. The third-order valence-corrected chi connectivity index (χ3v) is 2.80. The van der Waals surface area contributed by atoms with Gasteiger partial charge in [0.2, 0.25) is 5.91 Å². The third kappa shape index (κ3) is 5.47. The Morgan fingerprint density at radius 1 is 1.44 bits per heavy atom. The van der Waals surface area contributed by atoms with E-state index >= 15 is 0 Å². The van der Waals surface area contributed by atoms with E-state index in [4.69, 9.17) is 5.73 Å². The van der Waals surface area contributed by atoms with Crippen molar-refractivity contribution >= 4 is 18.3 Å². The molecule has 2 atom stereocenters. The Balaban J connectivity index is 0.00000289. The molecule has 0 aromatic heterocycles. The number of rotatable bonds is 5. The molecule has 0 saturated carbocycles. The zero-order valence-electron chi connectivity index (χ0n) is 10.7. The summed E-state index contributed by atoms with van der Waals surface area (Å²) >= 11 is 0. The molecule has 2 unspecified atom stereocenters. The molecule has 0 aliphatic heterocycles. The van der Waals surface area contributed by atoms with Gasteiger partial charge in [0, 0.05) is 18.5 Å². The highest BCUT2D eigenvalue weighted by atomic mass is 35.5. The standard InChI is InChI=1S/C13H19FN2O.ClH/c1-9(10(2)15)13(17)16-7-6-11-4-3-5-12(14)8-11;/h3-5,8-10H,6-7,15H2,1-2H3,(H,16,17);1H. The summed E-state index contributed by atoms with van der Waals surface area (Å²) in [6, 6.07) is 6.21. The molecule has 3 N–H and O–H groups in total. The van der Waals surface area contributed by atoms with Crippen LogP contribution in [0.15, 0.2) is 24.3 Å². The molecule has 102 valence electrons. The second-order valence-electron chi connectivity index (χ2n) is 4.32. The SMILES string of the molecule is CC(N)C(C)C(=O)NCCc1cccc(F)c1.Cl. The van der Waals surface area contributed by atoms with Crippen LogP contribution in [0.3, 0.4) is 0 Å². The highest BCUT2D eigenvalue weighted by Gasteiger charge is 2.15. The molecule has 1 amide bonds. The lowest BCUT2D eigenvalue weighted by molar-refractivity contribution is -0.124. The Kier molecular flexibility index (Phi) is 7.55. The molecule has 1 aromatic carbocycles. The van der Waals surface area contributed by atoms with Gasteiger partial charge in [-0.2, -0.15) is 0 Å². The average molecular weight is 275 g/mol. The second-order valence-corrected chi connectivity index (χ2v) is 4.32. The Bertz CT molecular complexity index is 385. The first-order valence-corrected chi connectivity index (χ1v) is 5.78. The molecule has 0 aliphatic rings. The van der Waals surface area contributed by atoms with Gasteiger partial charge < -0.3 is 11.1 Å². The summed E-state index contributed by atoms with van der Waals surface area (Å²) in [6.45, 7) is 4.10. The number of hydrogen-bond acceptors (Lipinski definition) is 2. The van der Waals surface area contributed by atoms with Gasteiger partial charge in [-0.25, -0.2) is 4.39 Å². The van der Waals surface area contributed by atoms with Crippen molar-refractivity contribution in [1.82, 2.24) is 5.32 Å². The minimum atomic E-state index is -0.252. The van der Waals surface area contributed by atoms with Crippen LogP contribution < -0.4 is 11.1 Å². The molecular formula is C13H20ClFN2O. The molecule has 0 spiro atoms. The molecule has 1 aromatic rings. The molecule has 0 radical (unpaired) electrons. The summed E-state index contributed by atoms with van der Waals surface area (Å²) in [5, 5.41) is 2.79. The molecule has 0 bridgehead atoms. The van der Waals surface area contributed by atoms with Crippen LogP contribution in [0.5, 0.6) is 0 Å². The smallest absolute Gasteiger partial charge is 0.224 e. The summed E-state index contributed by atoms with van der Waals surface area (Å²) in [5.74, 6) is -0.517. The van der Waals surface area contributed by atoms with Crippen molar-refractivity contribution in [1.29, 1.82) is 0 Å². The molecule has 1 rings (SSSR count). The van der Waals surface area contributed by atoms with Gasteiger partial charge in [-0.15, -0.1) is 12.4 Å². The number of hydrogen-bond donors (Lipinski definition) is 2. The third-order valence-electron chi connectivity index (χ3n) is 2.80. The number of nitrogens with two attached hydrogens (primary N) is 1. The maximum Gasteiger partial charge on any atom is 0.224 e. The summed E-state index contributed by atoms with van der Waals surface area (Å²) in [4.78, 5) is 11.6. The van der Waals surface area contributed by atoms with E-state index in [0.29, 0.717) is 13.0 Å². The van der Waals surface area contributed by atoms with Crippen LogP contribution in [0.4, 0.5) is 4.39 Å². The predicted octanol–water partition coefficient (Wildman–Crippen LogP) is 1.89. The van der Waals surface area contributed by atoms with Gasteiger partial charge in [-0.1, -0.05) is 19.1 Å². The average Bonchev–Trinajstić information content (AvgIpc) is 2.27. The first kappa shape index (κ1) is 16.9. The fourth-order valence-corrected chi connectivity index (χ4v) is 1.42. The van der Waals surface area contributed by atoms with E-state index in [9.17, 15) is 9.18 Å². The Morgan fingerprint density at radius 3 is 2.67 bits per heavy atom. The second kappa shape index (κ2) is 8.06. The van der Waals surface area contributed by atoms with Gasteiger partial charge in [-0.05, 0) is 31.0 Å². The van der Waals surface area contributed by atoms with Crippen molar-refractivity contribution in [3.8, 4) is 0 Å². The van der Waals surface area contributed by atoms with E-state index in [1.54, 1.807) is 19.9 Å². The first-order chi connectivity index (χ1) is 8.00. The summed E-state index contributed by atoms with van der Waals surface area (Å²) in [7, 11) is 0. The molecule has 0 saturated heterocycles. The highest BCUT2D eigenvalue weighted by Crippen LogP contribution is 2.04. The van der Waals surface area contributed by atoms with E-state index < -0.39 is 0 Å². The van der Waals surface area contributed by atoms with Gasteiger partial charge in [0.1, 0.15) is 5.82 Å². The number of carbonyl (C=O) groups excluding carboxylic acids is 1. The minimum absolute atomic E-state index is 0. The normalized spacial score (nSPS) is 13.3. The largest absolute Gasteiger partial charge is 0.355 e. The molecule has 0 fully saturated rings. The number of halogens is 2. The fourth-order valence-electron chi connectivity index (χ4n) is 1.42. The summed E-state index contributed by atoms with van der Waals surface area (Å²) < 4.78 is 12.9. The minimum Gasteiger partial charge on any atom is -0.355 e. The van der Waals surface area contributed by atoms with Crippen molar-refractivity contribution in [2.24, 2.45) is 11.7 Å². The van der Waals surface area contributed by atoms with Crippen LogP contribution in [0.25, 0.3) is 0 Å². The number of amides is 1. The van der Waals surface area contributed by atoms with Crippen molar-refractivity contribution in [2.45, 2.75) is 26.3 Å². The zero-order chi connectivity index (χ0) is 12.8. The van der Waals surface area contributed by atoms with Gasteiger partial charge in [0.25, 0.3) is 0 Å². The molecule has 0 aliphatic carbocycles. The van der Waals surface area contributed by atoms with Crippen molar-refractivity contribution in [2.75, 3.05) is 6.54 Å². The highest BCUT2D eigenvalue weighted by molar-refractivity contribution is 5.85. The van der Waals surface area contributed by atoms with Gasteiger partial charge in [-0.3, -0.25) is 4.79 Å². The van der Waals surface area contributed by atoms with E-state index in [0.717, 1.165) is 5.56 Å². The lowest BCUT2D eigenvalue weighted by Crippen LogP contribution is -2.39. The van der Waals surface area contributed by atoms with Crippen LogP contribution in [0.1, 0.15) is 19.4 Å².